The van der Waals surface area contributed by atoms with Crippen molar-refractivity contribution < 1.29 is 0 Å². The van der Waals surface area contributed by atoms with Crippen LogP contribution in [0.4, 0.5) is 5.69 Å². The molecule has 0 fully saturated rings. The zero-order chi connectivity index (χ0) is 13.3. The molecule has 0 spiro atoms. The Bertz CT molecular complexity index is 574. The van der Waals surface area contributed by atoms with Gasteiger partial charge in [-0.1, -0.05) is 26.0 Å². The highest BCUT2D eigenvalue weighted by molar-refractivity contribution is 5.76. The van der Waals surface area contributed by atoms with Crippen molar-refractivity contribution in [1.29, 1.82) is 0 Å². The molecule has 0 saturated heterocycles. The summed E-state index contributed by atoms with van der Waals surface area (Å²) in [4.78, 5) is 8.45. The smallest absolute Gasteiger partial charge is 0.116 e. The highest BCUT2D eigenvalue weighted by Gasteiger charge is 2.11. The number of anilines is 1. The van der Waals surface area contributed by atoms with E-state index in [1.165, 1.54) is 11.1 Å². The summed E-state index contributed by atoms with van der Waals surface area (Å²) < 4.78 is 0. The fourth-order valence-corrected chi connectivity index (χ4v) is 1.95. The van der Waals surface area contributed by atoms with Gasteiger partial charge in [-0.05, 0) is 37.0 Å². The lowest BCUT2D eigenvalue weighted by molar-refractivity contribution is 0.866. The second-order valence-electron chi connectivity index (χ2n) is 4.95. The minimum absolute atomic E-state index is 0.494. The van der Waals surface area contributed by atoms with Gasteiger partial charge in [-0.25, -0.2) is 9.97 Å². The molecule has 2 aromatic rings. The first-order valence-electron chi connectivity index (χ1n) is 6.18. The van der Waals surface area contributed by atoms with Gasteiger partial charge in [0.05, 0.1) is 17.1 Å². The van der Waals surface area contributed by atoms with E-state index in [2.05, 4.69) is 48.9 Å². The van der Waals surface area contributed by atoms with Crippen molar-refractivity contribution in [1.82, 2.24) is 9.97 Å². The summed E-state index contributed by atoms with van der Waals surface area (Å²) >= 11 is 0. The maximum Gasteiger partial charge on any atom is 0.116 e. The molecule has 0 saturated carbocycles. The average Bonchev–Trinajstić information content (AvgIpc) is 2.33. The number of hydrogen-bond acceptors (Lipinski definition) is 3. The van der Waals surface area contributed by atoms with Crippen LogP contribution in [-0.4, -0.2) is 9.97 Å². The Morgan fingerprint density at radius 3 is 2.50 bits per heavy atom. The molecule has 0 radical (unpaired) electrons. The second-order valence-corrected chi connectivity index (χ2v) is 4.95. The van der Waals surface area contributed by atoms with Crippen molar-refractivity contribution in [2.45, 2.75) is 33.6 Å². The van der Waals surface area contributed by atoms with Crippen molar-refractivity contribution >= 4 is 5.69 Å². The Kier molecular flexibility index (Phi) is 3.32. The van der Waals surface area contributed by atoms with Crippen LogP contribution in [0.5, 0.6) is 0 Å². The largest absolute Gasteiger partial charge is 0.395 e. The molecule has 0 aliphatic carbocycles. The van der Waals surface area contributed by atoms with E-state index in [-0.39, 0.29) is 0 Å². The molecule has 2 N–H and O–H groups in total. The van der Waals surface area contributed by atoms with Crippen LogP contribution < -0.4 is 5.73 Å². The molecule has 1 aromatic heterocycles. The molecule has 0 unspecified atom stereocenters. The summed E-state index contributed by atoms with van der Waals surface area (Å²) in [5.74, 6) is 0.494. The van der Waals surface area contributed by atoms with E-state index < -0.39 is 0 Å². The summed E-state index contributed by atoms with van der Waals surface area (Å²) in [7, 11) is 0. The number of aryl methyl sites for hydroxylation is 2. The maximum atomic E-state index is 6.08. The number of nitrogens with zero attached hydrogens (tertiary/aromatic N) is 2. The molecule has 3 heteroatoms. The van der Waals surface area contributed by atoms with E-state index in [9.17, 15) is 0 Å². The average molecular weight is 241 g/mol. The molecule has 0 bridgehead atoms. The van der Waals surface area contributed by atoms with Crippen LogP contribution in [0.25, 0.3) is 11.3 Å². The summed E-state index contributed by atoms with van der Waals surface area (Å²) in [5, 5.41) is 0. The Morgan fingerprint density at radius 1 is 1.11 bits per heavy atom. The first-order valence-corrected chi connectivity index (χ1v) is 6.18. The van der Waals surface area contributed by atoms with Gasteiger partial charge in [-0.2, -0.15) is 0 Å². The molecule has 0 amide bonds. The van der Waals surface area contributed by atoms with Gasteiger partial charge in [0, 0.05) is 5.56 Å². The lowest BCUT2D eigenvalue weighted by Crippen LogP contribution is -2.00. The monoisotopic (exact) mass is 241 g/mol. The molecule has 0 aliphatic rings. The van der Waals surface area contributed by atoms with E-state index in [0.29, 0.717) is 11.6 Å². The van der Waals surface area contributed by atoms with Gasteiger partial charge >= 0.3 is 0 Å². The van der Waals surface area contributed by atoms with Crippen LogP contribution in [-0.2, 0) is 0 Å². The van der Waals surface area contributed by atoms with Crippen molar-refractivity contribution in [3.63, 3.8) is 0 Å². The summed E-state index contributed by atoms with van der Waals surface area (Å²) in [6, 6.07) is 6.47. The second kappa shape index (κ2) is 4.77. The fourth-order valence-electron chi connectivity index (χ4n) is 1.95. The van der Waals surface area contributed by atoms with Crippen LogP contribution >= 0.6 is 0 Å². The molecule has 3 nitrogen and oxygen atoms in total. The first-order chi connectivity index (χ1) is 8.50. The summed E-state index contributed by atoms with van der Waals surface area (Å²) in [5.41, 5.74) is 12.0. The minimum Gasteiger partial charge on any atom is -0.395 e. The van der Waals surface area contributed by atoms with Crippen LogP contribution in [0.2, 0.25) is 0 Å². The molecular formula is C15H19N3. The van der Waals surface area contributed by atoms with E-state index in [1.54, 1.807) is 6.33 Å². The van der Waals surface area contributed by atoms with Crippen LogP contribution in [0.15, 0.2) is 24.5 Å². The van der Waals surface area contributed by atoms with Gasteiger partial charge in [0.25, 0.3) is 0 Å². The molecule has 0 aliphatic heterocycles. The van der Waals surface area contributed by atoms with Crippen molar-refractivity contribution in [2.75, 3.05) is 5.73 Å². The summed E-state index contributed by atoms with van der Waals surface area (Å²) in [6.45, 7) is 8.35. The SMILES string of the molecule is Cc1ccc(C(C)C)cc1-c1ncnc(C)c1N. The molecule has 18 heavy (non-hydrogen) atoms. The van der Waals surface area contributed by atoms with E-state index in [4.69, 9.17) is 5.73 Å². The number of hydrogen-bond donors (Lipinski definition) is 1. The minimum atomic E-state index is 0.494. The third kappa shape index (κ3) is 2.21. The number of benzene rings is 1. The highest BCUT2D eigenvalue weighted by atomic mass is 14.9. The van der Waals surface area contributed by atoms with Gasteiger partial charge in [0.1, 0.15) is 6.33 Å². The van der Waals surface area contributed by atoms with Gasteiger partial charge in [0.15, 0.2) is 0 Å². The predicted molar refractivity (Wildman–Crippen MR) is 75.4 cm³/mol. The van der Waals surface area contributed by atoms with E-state index >= 15 is 0 Å². The van der Waals surface area contributed by atoms with E-state index in [1.807, 2.05) is 6.92 Å². The lowest BCUT2D eigenvalue weighted by Gasteiger charge is -2.13. The third-order valence-electron chi connectivity index (χ3n) is 3.27. The number of aromatic nitrogens is 2. The van der Waals surface area contributed by atoms with Crippen molar-refractivity contribution in [3.05, 3.63) is 41.3 Å². The molecule has 2 rings (SSSR count). The Morgan fingerprint density at radius 2 is 1.83 bits per heavy atom. The molecule has 0 atom stereocenters. The zero-order valence-corrected chi connectivity index (χ0v) is 11.4. The van der Waals surface area contributed by atoms with Crippen LogP contribution in [0.3, 0.4) is 0 Å². The maximum absolute atomic E-state index is 6.08. The normalized spacial score (nSPS) is 10.9. The number of nitrogens with two attached hydrogens (primary N) is 1. The molecule has 1 aromatic carbocycles. The van der Waals surface area contributed by atoms with Crippen LogP contribution in [0.1, 0.15) is 36.6 Å². The molecular weight excluding hydrogens is 222 g/mol. The molecule has 94 valence electrons. The number of rotatable bonds is 2. The highest BCUT2D eigenvalue weighted by Crippen LogP contribution is 2.30. The predicted octanol–water partition coefficient (Wildman–Crippen LogP) is 3.47. The fraction of sp³-hybridized carbons (Fsp3) is 0.333. The Hall–Kier alpha value is -1.90. The van der Waals surface area contributed by atoms with Gasteiger partial charge < -0.3 is 5.73 Å². The number of nitrogen functional groups attached to an aromatic ring is 1. The third-order valence-corrected chi connectivity index (χ3v) is 3.27. The van der Waals surface area contributed by atoms with Gasteiger partial charge in [-0.15, -0.1) is 0 Å². The Labute approximate surface area is 108 Å². The first kappa shape index (κ1) is 12.6. The Balaban J connectivity index is 2.63. The quantitative estimate of drug-likeness (QED) is 0.876. The van der Waals surface area contributed by atoms with Crippen molar-refractivity contribution in [2.24, 2.45) is 0 Å². The zero-order valence-electron chi connectivity index (χ0n) is 11.4. The topological polar surface area (TPSA) is 51.8 Å². The van der Waals surface area contributed by atoms with Crippen molar-refractivity contribution in [3.8, 4) is 11.3 Å². The van der Waals surface area contributed by atoms with Gasteiger partial charge in [-0.3, -0.25) is 0 Å². The standard InChI is InChI=1S/C15H19N3/c1-9(2)12-6-5-10(3)13(7-12)15-14(16)11(4)17-8-18-15/h5-9H,16H2,1-4H3. The van der Waals surface area contributed by atoms with Crippen LogP contribution in [0, 0.1) is 13.8 Å². The molecule has 1 heterocycles. The van der Waals surface area contributed by atoms with Gasteiger partial charge in [0.2, 0.25) is 0 Å². The summed E-state index contributed by atoms with van der Waals surface area (Å²) in [6.07, 6.45) is 1.57. The van der Waals surface area contributed by atoms with E-state index in [0.717, 1.165) is 17.0 Å². The lowest BCUT2D eigenvalue weighted by atomic mass is 9.95.